The second-order valence-electron chi connectivity index (χ2n) is 4.23. The van der Waals surface area contributed by atoms with Gasteiger partial charge in [0.2, 0.25) is 5.91 Å². The van der Waals surface area contributed by atoms with Crippen molar-refractivity contribution >= 4 is 29.3 Å². The van der Waals surface area contributed by atoms with Crippen LogP contribution in [0, 0.1) is 0 Å². The van der Waals surface area contributed by atoms with Crippen molar-refractivity contribution in [2.75, 3.05) is 24.8 Å². The summed E-state index contributed by atoms with van der Waals surface area (Å²) in [6, 6.07) is 7.44. The lowest BCUT2D eigenvalue weighted by Gasteiger charge is -2.07. The van der Waals surface area contributed by atoms with Crippen LogP contribution in [-0.4, -0.2) is 36.5 Å². The van der Waals surface area contributed by atoms with Gasteiger partial charge in [-0.2, -0.15) is 0 Å². The van der Waals surface area contributed by atoms with Gasteiger partial charge in [-0.05, 0) is 24.1 Å². The Labute approximate surface area is 122 Å². The van der Waals surface area contributed by atoms with Crippen molar-refractivity contribution < 1.29 is 19.4 Å². The number of hydrogen-bond acceptors (Lipinski definition) is 4. The highest BCUT2D eigenvalue weighted by Gasteiger charge is 2.04. The Hall–Kier alpha value is -1.53. The standard InChI is InChI=1S/C14H19NO4S/c1-19-7-3-6-13(16)15-12-5-2-4-11(8-12)9-20-10-14(17)18/h2,4-5,8H,3,6-7,9-10H2,1H3,(H,15,16)(H,17,18). The summed E-state index contributed by atoms with van der Waals surface area (Å²) in [6.07, 6.45) is 1.11. The fourth-order valence-electron chi connectivity index (χ4n) is 1.60. The molecule has 20 heavy (non-hydrogen) atoms. The number of benzene rings is 1. The Balaban J connectivity index is 2.42. The highest BCUT2D eigenvalue weighted by molar-refractivity contribution is 7.99. The van der Waals surface area contributed by atoms with Crippen LogP contribution in [0.15, 0.2) is 24.3 Å². The van der Waals surface area contributed by atoms with Crippen molar-refractivity contribution in [2.24, 2.45) is 0 Å². The Kier molecular flexibility index (Phi) is 7.75. The molecule has 0 aliphatic heterocycles. The molecule has 0 saturated heterocycles. The second kappa shape index (κ2) is 9.39. The average Bonchev–Trinajstić information content (AvgIpc) is 2.39. The van der Waals surface area contributed by atoms with E-state index in [1.54, 1.807) is 7.11 Å². The van der Waals surface area contributed by atoms with Gasteiger partial charge in [0.1, 0.15) is 0 Å². The first kappa shape index (κ1) is 16.5. The van der Waals surface area contributed by atoms with Crippen molar-refractivity contribution in [3.8, 4) is 0 Å². The van der Waals surface area contributed by atoms with Gasteiger partial charge in [-0.15, -0.1) is 11.8 Å². The molecule has 1 aromatic rings. The van der Waals surface area contributed by atoms with Gasteiger partial charge in [0.25, 0.3) is 0 Å². The predicted molar refractivity (Wildman–Crippen MR) is 80.0 cm³/mol. The SMILES string of the molecule is COCCCC(=O)Nc1cccc(CSCC(=O)O)c1. The van der Waals surface area contributed by atoms with Crippen molar-refractivity contribution in [1.82, 2.24) is 0 Å². The highest BCUT2D eigenvalue weighted by Crippen LogP contribution is 2.16. The highest BCUT2D eigenvalue weighted by atomic mass is 32.2. The van der Waals surface area contributed by atoms with E-state index in [2.05, 4.69) is 5.32 Å². The lowest BCUT2D eigenvalue weighted by molar-refractivity contribution is -0.133. The number of anilines is 1. The summed E-state index contributed by atoms with van der Waals surface area (Å²) in [5.74, 6) is -0.178. The number of carbonyl (C=O) groups is 2. The summed E-state index contributed by atoms with van der Waals surface area (Å²) < 4.78 is 4.89. The molecule has 2 N–H and O–H groups in total. The quantitative estimate of drug-likeness (QED) is 0.684. The normalized spacial score (nSPS) is 10.2. The van der Waals surface area contributed by atoms with Gasteiger partial charge in [-0.3, -0.25) is 9.59 Å². The molecule has 0 radical (unpaired) electrons. The number of hydrogen-bond donors (Lipinski definition) is 2. The average molecular weight is 297 g/mol. The third-order valence-electron chi connectivity index (χ3n) is 2.46. The molecule has 0 bridgehead atoms. The minimum atomic E-state index is -0.822. The molecule has 5 nitrogen and oxygen atoms in total. The topological polar surface area (TPSA) is 75.6 Å². The van der Waals surface area contributed by atoms with E-state index in [9.17, 15) is 9.59 Å². The lowest BCUT2D eigenvalue weighted by Crippen LogP contribution is -2.12. The number of carboxylic acids is 1. The Morgan fingerprint density at radius 2 is 2.20 bits per heavy atom. The summed E-state index contributed by atoms with van der Waals surface area (Å²) >= 11 is 1.33. The largest absolute Gasteiger partial charge is 0.481 e. The molecule has 0 aromatic heterocycles. The molecule has 110 valence electrons. The molecule has 0 heterocycles. The zero-order valence-electron chi connectivity index (χ0n) is 11.4. The Bertz CT molecular complexity index is 451. The van der Waals surface area contributed by atoms with Gasteiger partial charge in [-0.25, -0.2) is 0 Å². The molecule has 0 aliphatic rings. The molecule has 0 saturated carbocycles. The summed E-state index contributed by atoms with van der Waals surface area (Å²) in [5, 5.41) is 11.4. The summed E-state index contributed by atoms with van der Waals surface area (Å²) in [6.45, 7) is 0.569. The zero-order valence-corrected chi connectivity index (χ0v) is 12.2. The molecule has 6 heteroatoms. The van der Waals surface area contributed by atoms with Gasteiger partial charge in [0, 0.05) is 31.6 Å². The fourth-order valence-corrected chi connectivity index (χ4v) is 2.29. The summed E-state index contributed by atoms with van der Waals surface area (Å²) in [7, 11) is 1.61. The van der Waals surface area contributed by atoms with Crippen molar-refractivity contribution in [3.05, 3.63) is 29.8 Å². The maximum atomic E-state index is 11.7. The number of carboxylic acid groups (broad SMARTS) is 1. The molecular formula is C14H19NO4S. The van der Waals surface area contributed by atoms with Crippen LogP contribution in [0.1, 0.15) is 18.4 Å². The Morgan fingerprint density at radius 3 is 2.90 bits per heavy atom. The maximum absolute atomic E-state index is 11.7. The Morgan fingerprint density at radius 1 is 1.40 bits per heavy atom. The molecule has 0 atom stereocenters. The van der Waals surface area contributed by atoms with Crippen LogP contribution in [0.5, 0.6) is 0 Å². The van der Waals surface area contributed by atoms with Crippen LogP contribution < -0.4 is 5.32 Å². The first-order valence-corrected chi connectivity index (χ1v) is 7.44. The third-order valence-corrected chi connectivity index (χ3v) is 3.45. The second-order valence-corrected chi connectivity index (χ2v) is 5.22. The number of nitrogens with one attached hydrogen (secondary N) is 1. The number of thioether (sulfide) groups is 1. The van der Waals surface area contributed by atoms with E-state index in [4.69, 9.17) is 9.84 Å². The molecule has 1 rings (SSSR count). The summed E-state index contributed by atoms with van der Waals surface area (Å²) in [4.78, 5) is 22.1. The molecule has 0 spiro atoms. The van der Waals surface area contributed by atoms with Gasteiger partial charge >= 0.3 is 5.97 Å². The van der Waals surface area contributed by atoms with Gasteiger partial charge < -0.3 is 15.2 Å². The van der Waals surface area contributed by atoms with Crippen LogP contribution in [0.4, 0.5) is 5.69 Å². The zero-order chi connectivity index (χ0) is 14.8. The van der Waals surface area contributed by atoms with E-state index in [1.165, 1.54) is 11.8 Å². The number of amides is 1. The van der Waals surface area contributed by atoms with Crippen molar-refractivity contribution in [1.29, 1.82) is 0 Å². The number of aliphatic carboxylic acids is 1. The van der Waals surface area contributed by atoms with Crippen LogP contribution in [0.25, 0.3) is 0 Å². The molecule has 0 fully saturated rings. The van der Waals surface area contributed by atoms with E-state index in [1.807, 2.05) is 24.3 Å². The number of carbonyl (C=O) groups excluding carboxylic acids is 1. The molecule has 1 amide bonds. The predicted octanol–water partition coefficient (Wildman–Crippen LogP) is 2.37. The van der Waals surface area contributed by atoms with Crippen LogP contribution in [-0.2, 0) is 20.1 Å². The van der Waals surface area contributed by atoms with Crippen LogP contribution in [0.2, 0.25) is 0 Å². The minimum absolute atomic E-state index is 0.0441. The maximum Gasteiger partial charge on any atom is 0.313 e. The number of methoxy groups -OCH3 is 1. The number of rotatable bonds is 9. The van der Waals surface area contributed by atoms with E-state index in [0.717, 1.165) is 11.3 Å². The van der Waals surface area contributed by atoms with Gasteiger partial charge in [0.05, 0.1) is 5.75 Å². The van der Waals surface area contributed by atoms with E-state index in [0.29, 0.717) is 25.2 Å². The smallest absolute Gasteiger partial charge is 0.313 e. The lowest BCUT2D eigenvalue weighted by atomic mass is 10.2. The fraction of sp³-hybridized carbons (Fsp3) is 0.429. The first-order chi connectivity index (χ1) is 9.61. The van der Waals surface area contributed by atoms with Crippen molar-refractivity contribution in [3.63, 3.8) is 0 Å². The van der Waals surface area contributed by atoms with Crippen LogP contribution in [0.3, 0.4) is 0 Å². The van der Waals surface area contributed by atoms with E-state index >= 15 is 0 Å². The van der Waals surface area contributed by atoms with Crippen molar-refractivity contribution in [2.45, 2.75) is 18.6 Å². The van der Waals surface area contributed by atoms with E-state index in [-0.39, 0.29) is 11.7 Å². The molecule has 0 aliphatic carbocycles. The number of ether oxygens (including phenoxy) is 1. The molecule has 1 aromatic carbocycles. The van der Waals surface area contributed by atoms with Crippen LogP contribution >= 0.6 is 11.8 Å². The van der Waals surface area contributed by atoms with Gasteiger partial charge in [-0.1, -0.05) is 12.1 Å². The van der Waals surface area contributed by atoms with Gasteiger partial charge in [0.15, 0.2) is 0 Å². The monoisotopic (exact) mass is 297 g/mol. The molecule has 0 unspecified atom stereocenters. The first-order valence-electron chi connectivity index (χ1n) is 6.29. The molecular weight excluding hydrogens is 278 g/mol. The third kappa shape index (κ3) is 7.16. The van der Waals surface area contributed by atoms with E-state index < -0.39 is 5.97 Å². The minimum Gasteiger partial charge on any atom is -0.481 e. The summed E-state index contributed by atoms with van der Waals surface area (Å²) in [5.41, 5.74) is 1.73.